The predicted molar refractivity (Wildman–Crippen MR) is 54.8 cm³/mol. The van der Waals surface area contributed by atoms with Crippen LogP contribution >= 0.6 is 22.9 Å². The van der Waals surface area contributed by atoms with Crippen molar-refractivity contribution in [2.45, 2.75) is 31.3 Å². The first-order chi connectivity index (χ1) is 5.27. The zero-order valence-corrected chi connectivity index (χ0v) is 9.12. The van der Waals surface area contributed by atoms with Crippen molar-refractivity contribution in [2.24, 2.45) is 0 Å². The van der Waals surface area contributed by atoms with Crippen molar-refractivity contribution in [3.8, 4) is 0 Å². The highest BCUT2D eigenvalue weighted by molar-refractivity contribution is 14.1. The van der Waals surface area contributed by atoms with E-state index in [1.54, 1.807) is 0 Å². The molecule has 0 saturated carbocycles. The number of hydrogen-bond acceptors (Lipinski definition) is 2. The zero-order chi connectivity index (χ0) is 7.84. The molecule has 3 heterocycles. The summed E-state index contributed by atoms with van der Waals surface area (Å²) in [6.45, 7) is 2.58. The lowest BCUT2D eigenvalue weighted by molar-refractivity contribution is 0.168. The van der Waals surface area contributed by atoms with Crippen molar-refractivity contribution in [1.29, 1.82) is 0 Å². The van der Waals surface area contributed by atoms with Crippen LogP contribution in [0.2, 0.25) is 0 Å². The number of halogens is 1. The standard InChI is InChI=1S/C8H15IN2/c1-10-6-8-3-2-7(10)4-5-11(8)9/h7-8H,2-6H2,1H3. The van der Waals surface area contributed by atoms with Gasteiger partial charge in [-0.2, -0.15) is 0 Å². The lowest BCUT2D eigenvalue weighted by Gasteiger charge is -2.34. The molecular formula is C8H15IN2. The molecule has 3 rings (SSSR count). The highest BCUT2D eigenvalue weighted by atomic mass is 127. The first-order valence-electron chi connectivity index (χ1n) is 4.40. The molecule has 3 aliphatic heterocycles. The third-order valence-electron chi connectivity index (χ3n) is 3.03. The third-order valence-corrected chi connectivity index (χ3v) is 4.30. The number of likely N-dealkylation sites (N-methyl/N-ethyl adjacent to an activating group) is 1. The fraction of sp³-hybridized carbons (Fsp3) is 1.00. The van der Waals surface area contributed by atoms with E-state index in [4.69, 9.17) is 0 Å². The number of hydrogen-bond donors (Lipinski definition) is 0. The summed E-state index contributed by atoms with van der Waals surface area (Å²) in [5, 5.41) is 0. The molecule has 11 heavy (non-hydrogen) atoms. The molecule has 2 bridgehead atoms. The van der Waals surface area contributed by atoms with Gasteiger partial charge in [0.1, 0.15) is 0 Å². The van der Waals surface area contributed by atoms with E-state index in [2.05, 4.69) is 37.9 Å². The Bertz CT molecular complexity index is 151. The summed E-state index contributed by atoms with van der Waals surface area (Å²) < 4.78 is 2.50. The minimum atomic E-state index is 0.833. The Morgan fingerprint density at radius 1 is 1.18 bits per heavy atom. The first kappa shape index (κ1) is 8.26. The van der Waals surface area contributed by atoms with E-state index in [-0.39, 0.29) is 0 Å². The summed E-state index contributed by atoms with van der Waals surface area (Å²) in [6, 6.07) is 1.71. The van der Waals surface area contributed by atoms with Gasteiger partial charge in [0.25, 0.3) is 0 Å². The second-order valence-electron chi connectivity index (χ2n) is 3.74. The molecule has 2 unspecified atom stereocenters. The minimum Gasteiger partial charge on any atom is -0.302 e. The number of rotatable bonds is 0. The van der Waals surface area contributed by atoms with Gasteiger partial charge in [0, 0.05) is 48.0 Å². The Morgan fingerprint density at radius 2 is 1.91 bits per heavy atom. The topological polar surface area (TPSA) is 6.48 Å². The van der Waals surface area contributed by atoms with Crippen LogP contribution in [0.3, 0.4) is 0 Å². The van der Waals surface area contributed by atoms with E-state index >= 15 is 0 Å². The maximum absolute atomic E-state index is 2.53. The van der Waals surface area contributed by atoms with Crippen LogP contribution in [0.1, 0.15) is 19.3 Å². The first-order valence-corrected chi connectivity index (χ1v) is 5.36. The predicted octanol–water partition coefficient (Wildman–Crippen LogP) is 1.50. The van der Waals surface area contributed by atoms with Crippen LogP contribution in [0.25, 0.3) is 0 Å². The molecule has 0 amide bonds. The van der Waals surface area contributed by atoms with Crippen molar-refractivity contribution >= 4 is 22.9 Å². The molecule has 3 fully saturated rings. The van der Waals surface area contributed by atoms with Gasteiger partial charge in [0.2, 0.25) is 0 Å². The quantitative estimate of drug-likeness (QED) is 0.484. The van der Waals surface area contributed by atoms with Gasteiger partial charge in [0.15, 0.2) is 0 Å². The Balaban J connectivity index is 2.11. The molecular weight excluding hydrogens is 251 g/mol. The Labute approximate surface area is 82.4 Å². The lowest BCUT2D eigenvalue weighted by Crippen LogP contribution is -2.42. The summed E-state index contributed by atoms with van der Waals surface area (Å²) in [7, 11) is 2.27. The molecule has 64 valence electrons. The Kier molecular flexibility index (Phi) is 2.39. The molecule has 0 spiro atoms. The summed E-state index contributed by atoms with van der Waals surface area (Å²) >= 11 is 2.49. The van der Waals surface area contributed by atoms with E-state index in [1.165, 1.54) is 32.4 Å². The van der Waals surface area contributed by atoms with E-state index in [0.29, 0.717) is 0 Å². The van der Waals surface area contributed by atoms with E-state index in [0.717, 1.165) is 12.1 Å². The summed E-state index contributed by atoms with van der Waals surface area (Å²) in [6.07, 6.45) is 4.20. The average molecular weight is 266 g/mol. The molecule has 3 heteroatoms. The SMILES string of the molecule is CN1CC2CCC1CCN2I. The van der Waals surface area contributed by atoms with Crippen molar-refractivity contribution in [2.75, 3.05) is 20.1 Å². The van der Waals surface area contributed by atoms with E-state index < -0.39 is 0 Å². The summed E-state index contributed by atoms with van der Waals surface area (Å²) in [4.78, 5) is 2.53. The molecule has 0 aromatic carbocycles. The van der Waals surface area contributed by atoms with Crippen molar-refractivity contribution in [3.63, 3.8) is 0 Å². The van der Waals surface area contributed by atoms with Gasteiger partial charge in [-0.1, -0.05) is 0 Å². The second-order valence-corrected chi connectivity index (χ2v) is 4.98. The monoisotopic (exact) mass is 266 g/mol. The fourth-order valence-electron chi connectivity index (χ4n) is 2.23. The summed E-state index contributed by atoms with van der Waals surface area (Å²) in [5.41, 5.74) is 0. The molecule has 0 aromatic heterocycles. The molecule has 0 aliphatic carbocycles. The zero-order valence-electron chi connectivity index (χ0n) is 6.96. The molecule has 2 atom stereocenters. The highest BCUT2D eigenvalue weighted by Gasteiger charge is 2.32. The Hall–Kier alpha value is 0.650. The average Bonchev–Trinajstić information content (AvgIpc) is 2.22. The van der Waals surface area contributed by atoms with Crippen LogP contribution < -0.4 is 0 Å². The van der Waals surface area contributed by atoms with Crippen LogP contribution in [-0.2, 0) is 0 Å². The van der Waals surface area contributed by atoms with Crippen molar-refractivity contribution in [3.05, 3.63) is 0 Å². The van der Waals surface area contributed by atoms with Crippen LogP contribution in [-0.4, -0.2) is 40.2 Å². The van der Waals surface area contributed by atoms with E-state index in [1.807, 2.05) is 0 Å². The molecule has 2 nitrogen and oxygen atoms in total. The molecule has 0 N–H and O–H groups in total. The van der Waals surface area contributed by atoms with Gasteiger partial charge in [-0.05, 0) is 26.3 Å². The van der Waals surface area contributed by atoms with Crippen molar-refractivity contribution < 1.29 is 0 Å². The summed E-state index contributed by atoms with van der Waals surface area (Å²) in [5.74, 6) is 0. The van der Waals surface area contributed by atoms with Crippen LogP contribution in [0.4, 0.5) is 0 Å². The number of nitrogens with zero attached hydrogens (tertiary/aromatic N) is 2. The molecule has 0 radical (unpaired) electrons. The van der Waals surface area contributed by atoms with Crippen LogP contribution in [0.5, 0.6) is 0 Å². The largest absolute Gasteiger partial charge is 0.302 e. The van der Waals surface area contributed by atoms with Gasteiger partial charge in [-0.15, -0.1) is 0 Å². The third kappa shape index (κ3) is 1.55. The lowest BCUT2D eigenvalue weighted by atomic mass is 10.00. The number of piperidine rings is 1. The van der Waals surface area contributed by atoms with Crippen LogP contribution in [0, 0.1) is 0 Å². The van der Waals surface area contributed by atoms with Gasteiger partial charge >= 0.3 is 0 Å². The van der Waals surface area contributed by atoms with Crippen molar-refractivity contribution in [1.82, 2.24) is 8.01 Å². The maximum atomic E-state index is 2.53. The van der Waals surface area contributed by atoms with Gasteiger partial charge in [-0.25, -0.2) is 3.11 Å². The highest BCUT2D eigenvalue weighted by Crippen LogP contribution is 2.28. The van der Waals surface area contributed by atoms with Gasteiger partial charge in [-0.3, -0.25) is 0 Å². The smallest absolute Gasteiger partial charge is 0.0322 e. The molecule has 3 saturated heterocycles. The van der Waals surface area contributed by atoms with E-state index in [9.17, 15) is 0 Å². The molecule has 0 aromatic rings. The molecule has 3 aliphatic rings. The number of fused-ring (bicyclic) bond motifs is 4. The van der Waals surface area contributed by atoms with Gasteiger partial charge < -0.3 is 4.90 Å². The normalized spacial score (nSPS) is 40.9. The maximum Gasteiger partial charge on any atom is 0.0322 e. The van der Waals surface area contributed by atoms with Crippen LogP contribution in [0.15, 0.2) is 0 Å². The fourth-order valence-corrected chi connectivity index (χ4v) is 2.96. The minimum absolute atomic E-state index is 0.833. The second kappa shape index (κ2) is 3.18. The Morgan fingerprint density at radius 3 is 2.64 bits per heavy atom. The van der Waals surface area contributed by atoms with Gasteiger partial charge in [0.05, 0.1) is 0 Å².